The van der Waals surface area contributed by atoms with Crippen molar-refractivity contribution in [2.45, 2.75) is 20.4 Å². The average molecular weight is 527 g/mol. The van der Waals surface area contributed by atoms with Crippen LogP contribution in [0, 0.1) is 6.92 Å². The molecule has 0 bridgehead atoms. The molecule has 1 N–H and O–H groups in total. The summed E-state index contributed by atoms with van der Waals surface area (Å²) in [6.45, 7) is 5.81. The van der Waals surface area contributed by atoms with Crippen LogP contribution in [0.1, 0.15) is 12.5 Å². The van der Waals surface area contributed by atoms with Crippen molar-refractivity contribution in [3.8, 4) is 11.3 Å². The molecule has 7 nitrogen and oxygen atoms in total. The highest BCUT2D eigenvalue weighted by Gasteiger charge is 2.11. The summed E-state index contributed by atoms with van der Waals surface area (Å²) in [5.74, 6) is -0.186. The third-order valence-corrected chi connectivity index (χ3v) is 7.72. The van der Waals surface area contributed by atoms with E-state index in [9.17, 15) is 9.59 Å². The lowest BCUT2D eigenvalue weighted by Gasteiger charge is -2.05. The van der Waals surface area contributed by atoms with Crippen molar-refractivity contribution in [3.63, 3.8) is 0 Å². The quantitative estimate of drug-likeness (QED) is 0.295. The summed E-state index contributed by atoms with van der Waals surface area (Å²) < 4.78 is 8.62. The summed E-state index contributed by atoms with van der Waals surface area (Å²) in [5, 5.41) is 5.26. The smallest absolute Gasteiger partial charge is 0.258 e. The number of amides is 2. The van der Waals surface area contributed by atoms with Crippen LogP contribution in [-0.2, 0) is 20.9 Å². The lowest BCUT2D eigenvalue weighted by Crippen LogP contribution is -2.20. The minimum Gasteiger partial charge on any atom is -0.380 e. The molecule has 0 unspecified atom stereocenters. The van der Waals surface area contributed by atoms with Gasteiger partial charge in [0.15, 0.2) is 9.93 Å². The van der Waals surface area contributed by atoms with Crippen molar-refractivity contribution >= 4 is 61.6 Å². The zero-order chi connectivity index (χ0) is 24.6. The largest absolute Gasteiger partial charge is 0.380 e. The SMILES string of the molecule is CCOCCn1c(=NC(=O)CSCC(=O)Nc2nc(-c3ccccc3)cs2)sc2cc(C)ccc21. The Hall–Kier alpha value is -2.79. The van der Waals surface area contributed by atoms with Gasteiger partial charge in [-0.1, -0.05) is 47.7 Å². The zero-order valence-electron chi connectivity index (χ0n) is 19.5. The molecule has 0 atom stereocenters. The molecule has 0 aliphatic heterocycles. The second-order valence-electron chi connectivity index (χ2n) is 7.65. The maximum atomic E-state index is 12.6. The van der Waals surface area contributed by atoms with E-state index in [-0.39, 0.29) is 23.3 Å². The molecule has 0 saturated heterocycles. The number of ether oxygens (including phenoxy) is 1. The van der Waals surface area contributed by atoms with Gasteiger partial charge in [0.25, 0.3) is 5.91 Å². The van der Waals surface area contributed by atoms with Crippen LogP contribution in [0.2, 0.25) is 0 Å². The predicted octanol–water partition coefficient (Wildman–Crippen LogP) is 4.97. The fourth-order valence-corrected chi connectivity index (χ4v) is 5.89. The molecule has 4 aromatic rings. The molecule has 0 aliphatic carbocycles. The van der Waals surface area contributed by atoms with E-state index in [0.29, 0.717) is 29.7 Å². The Balaban J connectivity index is 1.35. The minimum absolute atomic E-state index is 0.124. The van der Waals surface area contributed by atoms with Crippen molar-refractivity contribution in [1.29, 1.82) is 0 Å². The van der Waals surface area contributed by atoms with Crippen LogP contribution < -0.4 is 10.1 Å². The molecule has 4 rings (SSSR count). The Morgan fingerprint density at radius 2 is 2.00 bits per heavy atom. The van der Waals surface area contributed by atoms with Crippen LogP contribution >= 0.6 is 34.4 Å². The first-order valence-corrected chi connectivity index (χ1v) is 14.0. The number of nitrogens with zero attached hydrogens (tertiary/aromatic N) is 3. The predicted molar refractivity (Wildman–Crippen MR) is 145 cm³/mol. The van der Waals surface area contributed by atoms with Gasteiger partial charge in [-0.3, -0.25) is 9.59 Å². The third-order valence-electron chi connectivity index (χ3n) is 5.00. The van der Waals surface area contributed by atoms with Gasteiger partial charge in [0, 0.05) is 24.1 Å². The molecule has 2 amide bonds. The first kappa shape index (κ1) is 25.3. The van der Waals surface area contributed by atoms with Gasteiger partial charge in [0.2, 0.25) is 5.91 Å². The lowest BCUT2D eigenvalue weighted by molar-refractivity contribution is -0.115. The number of aryl methyl sites for hydroxylation is 1. The molecule has 0 spiro atoms. The van der Waals surface area contributed by atoms with Crippen LogP contribution in [0.25, 0.3) is 21.5 Å². The van der Waals surface area contributed by atoms with Gasteiger partial charge >= 0.3 is 0 Å². The Morgan fingerprint density at radius 3 is 2.80 bits per heavy atom. The summed E-state index contributed by atoms with van der Waals surface area (Å²) in [4.78, 5) is 34.4. The van der Waals surface area contributed by atoms with E-state index in [1.54, 1.807) is 0 Å². The second-order valence-corrected chi connectivity index (χ2v) is 10.5. The maximum absolute atomic E-state index is 12.6. The molecule has 0 aliphatic rings. The first-order chi connectivity index (χ1) is 17.0. The fraction of sp³-hybridized carbons (Fsp3) is 0.280. The highest BCUT2D eigenvalue weighted by atomic mass is 32.2. The number of anilines is 1. The van der Waals surface area contributed by atoms with E-state index in [4.69, 9.17) is 4.74 Å². The van der Waals surface area contributed by atoms with Gasteiger partial charge in [-0.15, -0.1) is 23.1 Å². The van der Waals surface area contributed by atoms with Crippen molar-refractivity contribution in [2.24, 2.45) is 4.99 Å². The number of hydrogen-bond donors (Lipinski definition) is 1. The molecule has 2 aromatic heterocycles. The van der Waals surface area contributed by atoms with E-state index < -0.39 is 0 Å². The Labute approximate surface area is 215 Å². The number of thiazole rings is 2. The summed E-state index contributed by atoms with van der Waals surface area (Å²) in [7, 11) is 0. The number of hydrogen-bond acceptors (Lipinski definition) is 7. The van der Waals surface area contributed by atoms with Gasteiger partial charge in [-0.05, 0) is 31.5 Å². The minimum atomic E-state index is -0.267. The van der Waals surface area contributed by atoms with E-state index in [1.165, 1.54) is 34.4 Å². The molecule has 0 radical (unpaired) electrons. The summed E-state index contributed by atoms with van der Waals surface area (Å²) in [6, 6.07) is 16.0. The molecular weight excluding hydrogens is 501 g/mol. The molecule has 0 fully saturated rings. The van der Waals surface area contributed by atoms with Crippen molar-refractivity contribution in [2.75, 3.05) is 30.0 Å². The van der Waals surface area contributed by atoms with Gasteiger partial charge in [0.1, 0.15) is 0 Å². The number of fused-ring (bicyclic) bond motifs is 1. The number of aromatic nitrogens is 2. The Bertz CT molecular complexity index is 1380. The van der Waals surface area contributed by atoms with Gasteiger partial charge in [-0.2, -0.15) is 4.99 Å². The Morgan fingerprint density at radius 1 is 1.17 bits per heavy atom. The summed E-state index contributed by atoms with van der Waals surface area (Å²) in [5.41, 5.74) is 4.02. The van der Waals surface area contributed by atoms with Crippen LogP contribution in [0.5, 0.6) is 0 Å². The number of nitrogens with one attached hydrogen (secondary N) is 1. The number of rotatable bonds is 10. The molecule has 182 valence electrons. The van der Waals surface area contributed by atoms with Gasteiger partial charge in [0.05, 0.1) is 34.0 Å². The average Bonchev–Trinajstić information content (AvgIpc) is 3.44. The zero-order valence-corrected chi connectivity index (χ0v) is 22.0. The van der Waals surface area contributed by atoms with E-state index in [1.807, 2.05) is 54.1 Å². The lowest BCUT2D eigenvalue weighted by atomic mass is 10.2. The fourth-order valence-electron chi connectivity index (χ4n) is 3.38. The van der Waals surface area contributed by atoms with Gasteiger partial charge in [-0.25, -0.2) is 4.98 Å². The van der Waals surface area contributed by atoms with E-state index >= 15 is 0 Å². The molecule has 2 aromatic carbocycles. The standard InChI is InChI=1S/C25H26N4O3S3/c1-3-32-12-11-29-20-10-9-17(2)13-21(20)35-25(29)28-23(31)16-33-15-22(30)27-24-26-19(14-34-24)18-7-5-4-6-8-18/h4-10,13-14H,3,11-12,15-16H2,1-2H3,(H,26,27,30). The van der Waals surface area contributed by atoms with Crippen molar-refractivity contribution < 1.29 is 14.3 Å². The van der Waals surface area contributed by atoms with Crippen LogP contribution in [0.3, 0.4) is 0 Å². The third kappa shape index (κ3) is 6.88. The van der Waals surface area contributed by atoms with Crippen molar-refractivity contribution in [3.05, 3.63) is 64.3 Å². The topological polar surface area (TPSA) is 85.6 Å². The van der Waals surface area contributed by atoms with Crippen LogP contribution in [-0.4, -0.2) is 46.1 Å². The molecular formula is C25H26N4O3S3. The monoisotopic (exact) mass is 526 g/mol. The van der Waals surface area contributed by atoms with Crippen molar-refractivity contribution in [1.82, 2.24) is 9.55 Å². The molecule has 10 heteroatoms. The maximum Gasteiger partial charge on any atom is 0.258 e. The number of thioether (sulfide) groups is 1. The first-order valence-electron chi connectivity index (χ1n) is 11.2. The molecule has 35 heavy (non-hydrogen) atoms. The highest BCUT2D eigenvalue weighted by molar-refractivity contribution is 8.00. The number of carbonyl (C=O) groups is 2. The number of carbonyl (C=O) groups excluding carboxylic acids is 2. The molecule has 0 saturated carbocycles. The summed E-state index contributed by atoms with van der Waals surface area (Å²) >= 11 is 4.11. The molecule has 2 heterocycles. The second kappa shape index (κ2) is 12.3. The van der Waals surface area contributed by atoms with Crippen LogP contribution in [0.15, 0.2) is 58.9 Å². The number of benzene rings is 2. The normalized spacial score (nSPS) is 11.8. The summed E-state index contributed by atoms with van der Waals surface area (Å²) in [6.07, 6.45) is 0. The van der Waals surface area contributed by atoms with E-state index in [0.717, 1.165) is 27.0 Å². The van der Waals surface area contributed by atoms with Gasteiger partial charge < -0.3 is 14.6 Å². The Kier molecular flexibility index (Phi) is 8.86. The van der Waals surface area contributed by atoms with Crippen LogP contribution in [0.4, 0.5) is 5.13 Å². The van der Waals surface area contributed by atoms with E-state index in [2.05, 4.69) is 33.5 Å². The highest BCUT2D eigenvalue weighted by Crippen LogP contribution is 2.24.